The summed E-state index contributed by atoms with van der Waals surface area (Å²) in [6.07, 6.45) is 5.84. The smallest absolute Gasteiger partial charge is 0.225 e. The second-order valence-electron chi connectivity index (χ2n) is 7.93. The van der Waals surface area contributed by atoms with Crippen LogP contribution in [-0.2, 0) is 4.79 Å². The van der Waals surface area contributed by atoms with E-state index in [1.807, 2.05) is 0 Å². The number of amides is 1. The number of carbonyl (C=O) groups excluding carboxylic acids is 1. The van der Waals surface area contributed by atoms with Gasteiger partial charge in [-0.05, 0) is 51.0 Å². The van der Waals surface area contributed by atoms with Crippen molar-refractivity contribution < 1.29 is 4.79 Å². The molecule has 0 saturated carbocycles. The number of carbonyl (C=O) groups is 1. The van der Waals surface area contributed by atoms with Gasteiger partial charge in [-0.25, -0.2) is 9.97 Å². The summed E-state index contributed by atoms with van der Waals surface area (Å²) < 4.78 is 0. The molecule has 0 unspecified atom stereocenters. The van der Waals surface area contributed by atoms with Gasteiger partial charge in [0.1, 0.15) is 17.0 Å². The average molecular weight is 373 g/mol. The van der Waals surface area contributed by atoms with Crippen LogP contribution in [0.4, 0.5) is 5.82 Å². The Labute approximate surface area is 159 Å². The summed E-state index contributed by atoms with van der Waals surface area (Å²) in [5.41, 5.74) is 1.29. The van der Waals surface area contributed by atoms with E-state index in [2.05, 4.69) is 40.5 Å². The molecule has 0 aromatic carbocycles. The Balaban J connectivity index is 1.45. The number of aromatic nitrogens is 2. The molecule has 2 fully saturated rings. The second-order valence-corrected chi connectivity index (χ2v) is 9.13. The van der Waals surface area contributed by atoms with Crippen LogP contribution in [0.3, 0.4) is 0 Å². The molecule has 2 aliphatic heterocycles. The maximum atomic E-state index is 12.9. The van der Waals surface area contributed by atoms with Crippen LogP contribution in [0.1, 0.15) is 43.0 Å². The Bertz CT molecular complexity index is 801. The van der Waals surface area contributed by atoms with Crippen LogP contribution < -0.4 is 4.90 Å². The quantitative estimate of drug-likeness (QED) is 0.805. The lowest BCUT2D eigenvalue weighted by molar-refractivity contribution is -0.137. The standard InChI is InChI=1S/C20H28N4OS/c1-13-4-8-24(9-5-13)20(25)16-6-10-23(11-7-16)18-17-14(2)15(3)26-19(17)22-12-21-18/h12-13,16H,4-11H2,1-3H3. The Morgan fingerprint density at radius 2 is 1.77 bits per heavy atom. The normalized spacial score (nSPS) is 20.1. The van der Waals surface area contributed by atoms with Gasteiger partial charge in [-0.1, -0.05) is 6.92 Å². The Morgan fingerprint density at radius 1 is 1.08 bits per heavy atom. The van der Waals surface area contributed by atoms with Crippen LogP contribution in [0.15, 0.2) is 6.33 Å². The highest BCUT2D eigenvalue weighted by Crippen LogP contribution is 2.36. The molecule has 0 spiro atoms. The van der Waals surface area contributed by atoms with E-state index in [1.165, 1.54) is 15.8 Å². The molecular weight excluding hydrogens is 344 g/mol. The van der Waals surface area contributed by atoms with Crippen molar-refractivity contribution in [3.05, 3.63) is 16.8 Å². The van der Waals surface area contributed by atoms with Crippen molar-refractivity contribution in [2.75, 3.05) is 31.1 Å². The molecule has 2 aromatic heterocycles. The third-order valence-corrected chi connectivity index (χ3v) is 7.30. The van der Waals surface area contributed by atoms with E-state index >= 15 is 0 Å². The summed E-state index contributed by atoms with van der Waals surface area (Å²) >= 11 is 1.74. The zero-order valence-electron chi connectivity index (χ0n) is 16.0. The van der Waals surface area contributed by atoms with E-state index in [0.717, 1.165) is 68.4 Å². The van der Waals surface area contributed by atoms with Crippen molar-refractivity contribution in [2.45, 2.75) is 46.5 Å². The molecule has 2 aliphatic rings. The maximum Gasteiger partial charge on any atom is 0.225 e. The summed E-state index contributed by atoms with van der Waals surface area (Å²) in [7, 11) is 0. The predicted molar refractivity (Wildman–Crippen MR) is 107 cm³/mol. The highest BCUT2D eigenvalue weighted by atomic mass is 32.1. The van der Waals surface area contributed by atoms with Crippen molar-refractivity contribution in [1.29, 1.82) is 0 Å². The van der Waals surface area contributed by atoms with Crippen LogP contribution in [0.2, 0.25) is 0 Å². The molecule has 6 heteroatoms. The van der Waals surface area contributed by atoms with Gasteiger partial charge in [-0.2, -0.15) is 0 Å². The largest absolute Gasteiger partial charge is 0.356 e. The molecule has 140 valence electrons. The van der Waals surface area contributed by atoms with Crippen molar-refractivity contribution >= 4 is 33.3 Å². The van der Waals surface area contributed by atoms with Gasteiger partial charge in [0.05, 0.1) is 5.39 Å². The highest BCUT2D eigenvalue weighted by Gasteiger charge is 2.31. The SMILES string of the molecule is Cc1sc2ncnc(N3CCC(C(=O)N4CCC(C)CC4)CC3)c2c1C. The number of hydrogen-bond acceptors (Lipinski definition) is 5. The average Bonchev–Trinajstić information content (AvgIpc) is 2.96. The van der Waals surface area contributed by atoms with E-state index < -0.39 is 0 Å². The molecule has 2 aromatic rings. The monoisotopic (exact) mass is 372 g/mol. The topological polar surface area (TPSA) is 49.3 Å². The first kappa shape index (κ1) is 17.7. The van der Waals surface area contributed by atoms with E-state index in [9.17, 15) is 4.79 Å². The molecule has 0 atom stereocenters. The molecule has 26 heavy (non-hydrogen) atoms. The van der Waals surface area contributed by atoms with Crippen LogP contribution in [0, 0.1) is 25.7 Å². The minimum absolute atomic E-state index is 0.183. The molecule has 4 rings (SSSR count). The maximum absolute atomic E-state index is 12.9. The number of anilines is 1. The first-order valence-corrected chi connectivity index (χ1v) is 10.6. The molecule has 5 nitrogen and oxygen atoms in total. The van der Waals surface area contributed by atoms with Gasteiger partial charge in [0.2, 0.25) is 5.91 Å². The van der Waals surface area contributed by atoms with Crippen LogP contribution in [0.25, 0.3) is 10.2 Å². The summed E-state index contributed by atoms with van der Waals surface area (Å²) in [5.74, 6) is 2.38. The number of rotatable bonds is 2. The first-order valence-electron chi connectivity index (χ1n) is 9.79. The van der Waals surface area contributed by atoms with Gasteiger partial charge in [-0.15, -0.1) is 11.3 Å². The summed E-state index contributed by atoms with van der Waals surface area (Å²) in [6, 6.07) is 0. The zero-order valence-corrected chi connectivity index (χ0v) is 16.8. The van der Waals surface area contributed by atoms with E-state index in [0.29, 0.717) is 5.91 Å². The van der Waals surface area contributed by atoms with Gasteiger partial charge in [0.15, 0.2) is 0 Å². The molecule has 0 aliphatic carbocycles. The summed E-state index contributed by atoms with van der Waals surface area (Å²) in [4.78, 5) is 28.7. The number of piperidine rings is 2. The second kappa shape index (κ2) is 7.14. The first-order chi connectivity index (χ1) is 12.5. The Hall–Kier alpha value is -1.69. The van der Waals surface area contributed by atoms with Crippen LogP contribution in [0.5, 0.6) is 0 Å². The lowest BCUT2D eigenvalue weighted by Crippen LogP contribution is -2.45. The van der Waals surface area contributed by atoms with Gasteiger partial charge >= 0.3 is 0 Å². The fourth-order valence-electron chi connectivity index (χ4n) is 4.23. The molecule has 0 radical (unpaired) electrons. The zero-order chi connectivity index (χ0) is 18.3. The van der Waals surface area contributed by atoms with E-state index in [4.69, 9.17) is 0 Å². The molecule has 0 N–H and O–H groups in total. The molecule has 1 amide bonds. The highest BCUT2D eigenvalue weighted by molar-refractivity contribution is 7.18. The third-order valence-electron chi connectivity index (χ3n) is 6.18. The fraction of sp³-hybridized carbons (Fsp3) is 0.650. The van der Waals surface area contributed by atoms with Crippen LogP contribution in [-0.4, -0.2) is 47.0 Å². The fourth-order valence-corrected chi connectivity index (χ4v) is 5.22. The van der Waals surface area contributed by atoms with Crippen molar-refractivity contribution in [3.63, 3.8) is 0 Å². The van der Waals surface area contributed by atoms with Crippen LogP contribution >= 0.6 is 11.3 Å². The van der Waals surface area contributed by atoms with Crippen molar-refractivity contribution in [2.24, 2.45) is 11.8 Å². The number of hydrogen-bond donors (Lipinski definition) is 0. The number of thiophene rings is 1. The van der Waals surface area contributed by atoms with E-state index in [1.54, 1.807) is 17.7 Å². The van der Waals surface area contributed by atoms with Crippen molar-refractivity contribution in [3.8, 4) is 0 Å². The van der Waals surface area contributed by atoms with Gasteiger partial charge in [0.25, 0.3) is 0 Å². The lowest BCUT2D eigenvalue weighted by Gasteiger charge is -2.37. The number of aryl methyl sites for hydroxylation is 2. The van der Waals surface area contributed by atoms with Gasteiger partial charge < -0.3 is 9.80 Å². The molecule has 0 bridgehead atoms. The minimum atomic E-state index is 0.183. The Kier molecular flexibility index (Phi) is 4.86. The van der Waals surface area contributed by atoms with Crippen molar-refractivity contribution in [1.82, 2.24) is 14.9 Å². The Morgan fingerprint density at radius 3 is 2.46 bits per heavy atom. The number of nitrogens with zero attached hydrogens (tertiary/aromatic N) is 4. The predicted octanol–water partition coefficient (Wildman–Crippen LogP) is 3.78. The lowest BCUT2D eigenvalue weighted by atomic mass is 9.92. The third kappa shape index (κ3) is 3.20. The number of likely N-dealkylation sites (tertiary alicyclic amines) is 1. The summed E-state index contributed by atoms with van der Waals surface area (Å²) in [5, 5.41) is 1.20. The molecule has 4 heterocycles. The minimum Gasteiger partial charge on any atom is -0.356 e. The van der Waals surface area contributed by atoms with Gasteiger partial charge in [0, 0.05) is 37.0 Å². The molecule has 2 saturated heterocycles. The molecular formula is C20H28N4OS. The van der Waals surface area contributed by atoms with Gasteiger partial charge in [-0.3, -0.25) is 4.79 Å². The van der Waals surface area contributed by atoms with E-state index in [-0.39, 0.29) is 5.92 Å². The summed E-state index contributed by atoms with van der Waals surface area (Å²) in [6.45, 7) is 10.3. The number of fused-ring (bicyclic) bond motifs is 1.